The Morgan fingerprint density at radius 1 is 1.15 bits per heavy atom. The summed E-state index contributed by atoms with van der Waals surface area (Å²) in [5.41, 5.74) is 1.57. The molecule has 27 heavy (non-hydrogen) atoms. The van der Waals surface area contributed by atoms with Crippen LogP contribution in [-0.4, -0.2) is 34.7 Å². The molecule has 1 saturated heterocycles. The predicted octanol–water partition coefficient (Wildman–Crippen LogP) is 2.30. The molecule has 7 heteroatoms. The fraction of sp³-hybridized carbons (Fsp3) is 0.300. The third-order valence-electron chi connectivity index (χ3n) is 4.74. The first-order chi connectivity index (χ1) is 13.0. The van der Waals surface area contributed by atoms with Crippen molar-refractivity contribution in [2.45, 2.75) is 19.4 Å². The van der Waals surface area contributed by atoms with Gasteiger partial charge in [0, 0.05) is 37.7 Å². The van der Waals surface area contributed by atoms with Gasteiger partial charge in [-0.25, -0.2) is 0 Å². The Bertz CT molecular complexity index is 838. The topological polar surface area (TPSA) is 92.5 Å². The number of likely N-dealkylation sites (tertiary alicyclic amines) is 1. The number of nitro groups is 1. The summed E-state index contributed by atoms with van der Waals surface area (Å²) in [6, 6.07) is 16.2. The van der Waals surface area contributed by atoms with Crippen LogP contribution in [0.4, 0.5) is 5.69 Å². The molecule has 0 aromatic heterocycles. The maximum atomic E-state index is 12.4. The fourth-order valence-electron chi connectivity index (χ4n) is 3.24. The highest BCUT2D eigenvalue weighted by molar-refractivity contribution is 5.89. The summed E-state index contributed by atoms with van der Waals surface area (Å²) in [6.45, 7) is 1.04. The van der Waals surface area contributed by atoms with Crippen molar-refractivity contribution in [1.82, 2.24) is 10.2 Å². The summed E-state index contributed by atoms with van der Waals surface area (Å²) < 4.78 is 0. The van der Waals surface area contributed by atoms with Gasteiger partial charge < -0.3 is 10.2 Å². The molecule has 1 aliphatic rings. The van der Waals surface area contributed by atoms with Crippen molar-refractivity contribution in [1.29, 1.82) is 0 Å². The molecular formula is C20H21N3O4. The minimum absolute atomic E-state index is 0.0233. The molecule has 1 aliphatic heterocycles. The molecule has 1 heterocycles. The van der Waals surface area contributed by atoms with Crippen LogP contribution in [0.1, 0.15) is 17.5 Å². The average Bonchev–Trinajstić information content (AvgIpc) is 3.06. The summed E-state index contributed by atoms with van der Waals surface area (Å²) >= 11 is 0. The molecule has 2 aromatic rings. The number of hydrogen-bond acceptors (Lipinski definition) is 4. The van der Waals surface area contributed by atoms with Crippen LogP contribution in [0, 0.1) is 16.0 Å². The van der Waals surface area contributed by atoms with E-state index < -0.39 is 10.8 Å². The lowest BCUT2D eigenvalue weighted by molar-refractivity contribution is -0.385. The number of amides is 2. The van der Waals surface area contributed by atoms with Crippen LogP contribution in [0.5, 0.6) is 0 Å². The standard InChI is InChI=1S/C20H21N3O4/c24-19-12-17(14-22(19)11-10-15-6-2-1-3-7-15)20(25)21-13-16-8-4-5-9-18(16)23(26)27/h1-9,17H,10-14H2,(H,21,25)/t17-/m0/s1. The monoisotopic (exact) mass is 367 g/mol. The molecule has 0 aliphatic carbocycles. The van der Waals surface area contributed by atoms with Crippen LogP contribution >= 0.6 is 0 Å². The number of hydrogen-bond donors (Lipinski definition) is 1. The molecule has 0 unspecified atom stereocenters. The van der Waals surface area contributed by atoms with Gasteiger partial charge in [0.1, 0.15) is 0 Å². The first kappa shape index (κ1) is 18.6. The van der Waals surface area contributed by atoms with Crippen molar-refractivity contribution in [3.05, 3.63) is 75.8 Å². The van der Waals surface area contributed by atoms with Crippen molar-refractivity contribution in [3.63, 3.8) is 0 Å². The molecule has 0 radical (unpaired) electrons. The van der Waals surface area contributed by atoms with Gasteiger partial charge in [-0.15, -0.1) is 0 Å². The molecule has 1 fully saturated rings. The molecule has 2 aromatic carbocycles. The molecule has 0 bridgehead atoms. The Balaban J connectivity index is 1.52. The Hall–Kier alpha value is -3.22. The summed E-state index contributed by atoms with van der Waals surface area (Å²) in [4.78, 5) is 36.9. The van der Waals surface area contributed by atoms with Crippen molar-refractivity contribution in [3.8, 4) is 0 Å². The zero-order valence-electron chi connectivity index (χ0n) is 14.8. The van der Waals surface area contributed by atoms with Gasteiger partial charge in [0.05, 0.1) is 10.8 Å². The first-order valence-electron chi connectivity index (χ1n) is 8.86. The van der Waals surface area contributed by atoms with E-state index in [1.165, 1.54) is 6.07 Å². The molecule has 0 spiro atoms. The quantitative estimate of drug-likeness (QED) is 0.600. The number of benzene rings is 2. The lowest BCUT2D eigenvalue weighted by atomic mass is 10.1. The second-order valence-electron chi connectivity index (χ2n) is 6.58. The minimum atomic E-state index is -0.466. The molecule has 3 rings (SSSR count). The van der Waals surface area contributed by atoms with E-state index in [0.29, 0.717) is 18.7 Å². The van der Waals surface area contributed by atoms with E-state index in [1.807, 2.05) is 30.3 Å². The maximum absolute atomic E-state index is 12.4. The van der Waals surface area contributed by atoms with E-state index in [9.17, 15) is 19.7 Å². The molecule has 1 N–H and O–H groups in total. The van der Waals surface area contributed by atoms with Gasteiger partial charge in [0.2, 0.25) is 11.8 Å². The molecule has 1 atom stereocenters. The normalized spacial score (nSPS) is 16.4. The van der Waals surface area contributed by atoms with Crippen molar-refractivity contribution in [2.75, 3.05) is 13.1 Å². The molecule has 140 valence electrons. The Kier molecular flexibility index (Phi) is 5.80. The van der Waals surface area contributed by atoms with Crippen LogP contribution < -0.4 is 5.32 Å². The number of rotatable bonds is 7. The van der Waals surface area contributed by atoms with Crippen molar-refractivity contribution < 1.29 is 14.5 Å². The lowest BCUT2D eigenvalue weighted by Crippen LogP contribution is -2.33. The van der Waals surface area contributed by atoms with Crippen LogP contribution in [0.2, 0.25) is 0 Å². The van der Waals surface area contributed by atoms with Gasteiger partial charge in [-0.2, -0.15) is 0 Å². The van der Waals surface area contributed by atoms with Crippen LogP contribution in [0.15, 0.2) is 54.6 Å². The van der Waals surface area contributed by atoms with Gasteiger partial charge in [-0.05, 0) is 12.0 Å². The van der Waals surface area contributed by atoms with E-state index >= 15 is 0 Å². The van der Waals surface area contributed by atoms with Gasteiger partial charge in [-0.3, -0.25) is 19.7 Å². The smallest absolute Gasteiger partial charge is 0.274 e. The molecule has 2 amide bonds. The number of nitrogens with zero attached hydrogens (tertiary/aromatic N) is 2. The van der Waals surface area contributed by atoms with Gasteiger partial charge in [0.15, 0.2) is 0 Å². The van der Waals surface area contributed by atoms with Crippen LogP contribution in [0.25, 0.3) is 0 Å². The lowest BCUT2D eigenvalue weighted by Gasteiger charge is -2.16. The maximum Gasteiger partial charge on any atom is 0.274 e. The fourth-order valence-corrected chi connectivity index (χ4v) is 3.24. The number of nitro benzene ring substituents is 1. The van der Waals surface area contributed by atoms with E-state index in [0.717, 1.165) is 12.0 Å². The average molecular weight is 367 g/mol. The summed E-state index contributed by atoms with van der Waals surface area (Å²) in [5, 5.41) is 13.8. The number of para-hydroxylation sites is 1. The second kappa shape index (κ2) is 8.44. The summed E-state index contributed by atoms with van der Waals surface area (Å²) in [6.07, 6.45) is 0.925. The van der Waals surface area contributed by atoms with Gasteiger partial charge in [-0.1, -0.05) is 48.5 Å². The Labute approximate surface area is 157 Å². The highest BCUT2D eigenvalue weighted by Crippen LogP contribution is 2.20. The molecule has 7 nitrogen and oxygen atoms in total. The van der Waals surface area contributed by atoms with Crippen molar-refractivity contribution in [2.24, 2.45) is 5.92 Å². The van der Waals surface area contributed by atoms with E-state index in [2.05, 4.69) is 5.32 Å². The molecular weight excluding hydrogens is 346 g/mol. The third kappa shape index (κ3) is 4.69. The zero-order valence-corrected chi connectivity index (χ0v) is 14.8. The van der Waals surface area contributed by atoms with Crippen LogP contribution in [-0.2, 0) is 22.6 Å². The van der Waals surface area contributed by atoms with Gasteiger partial charge >= 0.3 is 0 Å². The number of carbonyl (C=O) groups excluding carboxylic acids is 2. The predicted molar refractivity (Wildman–Crippen MR) is 99.8 cm³/mol. The largest absolute Gasteiger partial charge is 0.351 e. The highest BCUT2D eigenvalue weighted by atomic mass is 16.6. The van der Waals surface area contributed by atoms with E-state index in [1.54, 1.807) is 23.1 Å². The minimum Gasteiger partial charge on any atom is -0.351 e. The summed E-state index contributed by atoms with van der Waals surface area (Å²) in [7, 11) is 0. The van der Waals surface area contributed by atoms with E-state index in [-0.39, 0.29) is 30.5 Å². The summed E-state index contributed by atoms with van der Waals surface area (Å²) in [5.74, 6) is -0.698. The number of nitrogens with one attached hydrogen (secondary N) is 1. The van der Waals surface area contributed by atoms with Crippen LogP contribution in [0.3, 0.4) is 0 Å². The second-order valence-corrected chi connectivity index (χ2v) is 6.58. The highest BCUT2D eigenvalue weighted by Gasteiger charge is 2.34. The molecule has 0 saturated carbocycles. The first-order valence-corrected chi connectivity index (χ1v) is 8.86. The zero-order chi connectivity index (χ0) is 19.2. The van der Waals surface area contributed by atoms with Crippen molar-refractivity contribution >= 4 is 17.5 Å². The van der Waals surface area contributed by atoms with Gasteiger partial charge in [0.25, 0.3) is 5.69 Å². The Morgan fingerprint density at radius 2 is 1.85 bits per heavy atom. The number of carbonyl (C=O) groups is 2. The SMILES string of the molecule is O=C(NCc1ccccc1[N+](=O)[O-])[C@H]1CC(=O)N(CCc2ccccc2)C1. The third-order valence-corrected chi connectivity index (χ3v) is 4.74. The Morgan fingerprint density at radius 3 is 2.59 bits per heavy atom. The van der Waals surface area contributed by atoms with E-state index in [4.69, 9.17) is 0 Å².